The molecule has 0 radical (unpaired) electrons. The third-order valence-corrected chi connectivity index (χ3v) is 2.96. The Balaban J connectivity index is 2.02. The average molecular weight is 312 g/mol. The number of amides is 2. The number of urea groups is 1. The van der Waals surface area contributed by atoms with Crippen LogP contribution >= 0.6 is 0 Å². The van der Waals surface area contributed by atoms with E-state index in [1.807, 2.05) is 0 Å². The second kappa shape index (κ2) is 6.08. The first kappa shape index (κ1) is 15.9. The van der Waals surface area contributed by atoms with E-state index in [4.69, 9.17) is 0 Å². The van der Waals surface area contributed by atoms with Crippen LogP contribution in [-0.4, -0.2) is 27.8 Å². The average Bonchev–Trinajstić information content (AvgIpc) is 2.83. The molecule has 0 spiro atoms. The highest BCUT2D eigenvalue weighted by atomic mass is 19.4. The minimum absolute atomic E-state index is 0.0905. The standard InChI is InChI=1S/C14H15F3N4O/c1-20(9-12-6-7-21(2)19-12)13(22)18-11-5-3-4-10(8-11)14(15,16)17/h3-8H,9H2,1-2H3,(H,18,22). The van der Waals surface area contributed by atoms with E-state index in [0.29, 0.717) is 5.69 Å². The molecule has 0 saturated heterocycles. The Morgan fingerprint density at radius 3 is 2.68 bits per heavy atom. The number of carbonyl (C=O) groups excluding carboxylic acids is 1. The SMILES string of the molecule is CN(Cc1ccn(C)n1)C(=O)Nc1cccc(C(F)(F)F)c1. The highest BCUT2D eigenvalue weighted by molar-refractivity contribution is 5.89. The maximum Gasteiger partial charge on any atom is 0.416 e. The van der Waals surface area contributed by atoms with Crippen molar-refractivity contribution in [2.24, 2.45) is 7.05 Å². The number of hydrogen-bond acceptors (Lipinski definition) is 2. The fourth-order valence-corrected chi connectivity index (χ4v) is 1.85. The minimum atomic E-state index is -4.44. The van der Waals surface area contributed by atoms with Crippen molar-refractivity contribution < 1.29 is 18.0 Å². The highest BCUT2D eigenvalue weighted by Crippen LogP contribution is 2.30. The molecule has 0 unspecified atom stereocenters. The highest BCUT2D eigenvalue weighted by Gasteiger charge is 2.30. The number of alkyl halides is 3. The molecule has 2 rings (SSSR count). The Hall–Kier alpha value is -2.51. The van der Waals surface area contributed by atoms with E-state index in [9.17, 15) is 18.0 Å². The van der Waals surface area contributed by atoms with Crippen LogP contribution in [0.25, 0.3) is 0 Å². The summed E-state index contributed by atoms with van der Waals surface area (Å²) in [5, 5.41) is 6.57. The maximum absolute atomic E-state index is 12.6. The van der Waals surface area contributed by atoms with Gasteiger partial charge in [-0.2, -0.15) is 18.3 Å². The summed E-state index contributed by atoms with van der Waals surface area (Å²) in [6, 6.07) is 5.75. The molecular weight excluding hydrogens is 297 g/mol. The molecule has 1 aromatic heterocycles. The van der Waals surface area contributed by atoms with E-state index in [1.54, 1.807) is 24.0 Å². The Labute approximate surface area is 125 Å². The first-order chi connectivity index (χ1) is 10.3. The number of nitrogens with one attached hydrogen (secondary N) is 1. The van der Waals surface area contributed by atoms with Crippen LogP contribution in [0, 0.1) is 0 Å². The molecule has 2 amide bonds. The van der Waals surface area contributed by atoms with Gasteiger partial charge >= 0.3 is 12.2 Å². The topological polar surface area (TPSA) is 50.2 Å². The third-order valence-electron chi connectivity index (χ3n) is 2.96. The smallest absolute Gasteiger partial charge is 0.322 e. The lowest BCUT2D eigenvalue weighted by Gasteiger charge is -2.17. The lowest BCUT2D eigenvalue weighted by Crippen LogP contribution is -2.31. The van der Waals surface area contributed by atoms with Crippen molar-refractivity contribution >= 4 is 11.7 Å². The third kappa shape index (κ3) is 4.00. The van der Waals surface area contributed by atoms with Gasteiger partial charge in [0.1, 0.15) is 0 Å². The van der Waals surface area contributed by atoms with Crippen LogP contribution in [-0.2, 0) is 19.8 Å². The van der Waals surface area contributed by atoms with Crippen LogP contribution in [0.4, 0.5) is 23.7 Å². The van der Waals surface area contributed by atoms with Gasteiger partial charge in [-0.3, -0.25) is 4.68 Å². The molecule has 0 atom stereocenters. The number of nitrogens with zero attached hydrogens (tertiary/aromatic N) is 3. The zero-order valence-corrected chi connectivity index (χ0v) is 12.1. The largest absolute Gasteiger partial charge is 0.416 e. The summed E-state index contributed by atoms with van der Waals surface area (Å²) in [6.45, 7) is 0.256. The number of anilines is 1. The molecular formula is C14H15F3N4O. The van der Waals surface area contributed by atoms with Gasteiger partial charge in [0.25, 0.3) is 0 Å². The van der Waals surface area contributed by atoms with Crippen molar-refractivity contribution in [2.75, 3.05) is 12.4 Å². The minimum Gasteiger partial charge on any atom is -0.322 e. The fraction of sp³-hybridized carbons (Fsp3) is 0.286. The maximum atomic E-state index is 12.6. The fourth-order valence-electron chi connectivity index (χ4n) is 1.85. The summed E-state index contributed by atoms with van der Waals surface area (Å²) in [4.78, 5) is 13.3. The van der Waals surface area contributed by atoms with Crippen LogP contribution in [0.5, 0.6) is 0 Å². The van der Waals surface area contributed by atoms with Gasteiger partial charge in [0, 0.05) is 26.0 Å². The van der Waals surface area contributed by atoms with Gasteiger partial charge in [0.2, 0.25) is 0 Å². The zero-order chi connectivity index (χ0) is 16.3. The van der Waals surface area contributed by atoms with E-state index in [0.717, 1.165) is 12.1 Å². The Morgan fingerprint density at radius 2 is 2.09 bits per heavy atom. The van der Waals surface area contributed by atoms with Gasteiger partial charge in [-0.25, -0.2) is 4.79 Å². The molecule has 2 aromatic rings. The predicted octanol–water partition coefficient (Wildman–Crippen LogP) is 3.10. The van der Waals surface area contributed by atoms with Crippen molar-refractivity contribution in [3.63, 3.8) is 0 Å². The molecule has 0 bridgehead atoms. The zero-order valence-electron chi connectivity index (χ0n) is 12.1. The van der Waals surface area contributed by atoms with E-state index < -0.39 is 17.8 Å². The van der Waals surface area contributed by atoms with Crippen molar-refractivity contribution in [3.05, 3.63) is 47.8 Å². The molecule has 0 aliphatic rings. The van der Waals surface area contributed by atoms with Crippen LogP contribution in [0.1, 0.15) is 11.3 Å². The van der Waals surface area contributed by atoms with Crippen LogP contribution in [0.2, 0.25) is 0 Å². The van der Waals surface area contributed by atoms with Crippen LogP contribution in [0.15, 0.2) is 36.5 Å². The van der Waals surface area contributed by atoms with Crippen LogP contribution in [0.3, 0.4) is 0 Å². The van der Waals surface area contributed by atoms with Gasteiger partial charge in [-0.15, -0.1) is 0 Å². The second-order valence-electron chi connectivity index (χ2n) is 4.85. The first-order valence-electron chi connectivity index (χ1n) is 6.43. The number of benzene rings is 1. The van der Waals surface area contributed by atoms with E-state index in [2.05, 4.69) is 10.4 Å². The molecule has 1 N–H and O–H groups in total. The number of aryl methyl sites for hydroxylation is 1. The summed E-state index contributed by atoms with van der Waals surface area (Å²) >= 11 is 0. The Morgan fingerprint density at radius 1 is 1.36 bits per heavy atom. The quantitative estimate of drug-likeness (QED) is 0.947. The molecule has 22 heavy (non-hydrogen) atoms. The molecule has 118 valence electrons. The molecule has 0 fully saturated rings. The summed E-state index contributed by atoms with van der Waals surface area (Å²) in [6.07, 6.45) is -2.70. The first-order valence-corrected chi connectivity index (χ1v) is 6.43. The summed E-state index contributed by atoms with van der Waals surface area (Å²) < 4.78 is 39.5. The van der Waals surface area contributed by atoms with Gasteiger partial charge in [-0.1, -0.05) is 6.07 Å². The molecule has 1 heterocycles. The molecule has 8 heteroatoms. The van der Waals surface area contributed by atoms with Crippen molar-refractivity contribution in [1.82, 2.24) is 14.7 Å². The van der Waals surface area contributed by atoms with Crippen molar-refractivity contribution in [2.45, 2.75) is 12.7 Å². The van der Waals surface area contributed by atoms with E-state index >= 15 is 0 Å². The summed E-state index contributed by atoms with van der Waals surface area (Å²) in [7, 11) is 3.30. The number of halogens is 3. The molecule has 0 aliphatic heterocycles. The summed E-state index contributed by atoms with van der Waals surface area (Å²) in [5.74, 6) is 0. The number of carbonyl (C=O) groups is 1. The Kier molecular flexibility index (Phi) is 4.39. The molecule has 5 nitrogen and oxygen atoms in total. The molecule has 1 aromatic carbocycles. The van der Waals surface area contributed by atoms with Gasteiger partial charge in [0.15, 0.2) is 0 Å². The molecule has 0 aliphatic carbocycles. The number of hydrogen-bond donors (Lipinski definition) is 1. The van der Waals surface area contributed by atoms with E-state index in [-0.39, 0.29) is 12.2 Å². The van der Waals surface area contributed by atoms with Crippen LogP contribution < -0.4 is 5.32 Å². The van der Waals surface area contributed by atoms with Gasteiger partial charge in [0.05, 0.1) is 17.8 Å². The lowest BCUT2D eigenvalue weighted by atomic mass is 10.2. The predicted molar refractivity (Wildman–Crippen MR) is 75.1 cm³/mol. The van der Waals surface area contributed by atoms with E-state index in [1.165, 1.54) is 24.1 Å². The number of aromatic nitrogens is 2. The van der Waals surface area contributed by atoms with Crippen molar-refractivity contribution in [3.8, 4) is 0 Å². The lowest BCUT2D eigenvalue weighted by molar-refractivity contribution is -0.137. The Bertz CT molecular complexity index is 666. The second-order valence-corrected chi connectivity index (χ2v) is 4.85. The molecule has 0 saturated carbocycles. The van der Waals surface area contributed by atoms with Gasteiger partial charge < -0.3 is 10.2 Å². The number of rotatable bonds is 3. The normalized spacial score (nSPS) is 11.3. The summed E-state index contributed by atoms with van der Waals surface area (Å²) in [5.41, 5.74) is -0.0328. The van der Waals surface area contributed by atoms with Gasteiger partial charge in [-0.05, 0) is 24.3 Å². The monoisotopic (exact) mass is 312 g/mol. The van der Waals surface area contributed by atoms with Crippen molar-refractivity contribution in [1.29, 1.82) is 0 Å².